The second kappa shape index (κ2) is 2.82. The van der Waals surface area contributed by atoms with E-state index in [0.717, 1.165) is 0 Å². The quantitative estimate of drug-likeness (QED) is 0.624. The summed E-state index contributed by atoms with van der Waals surface area (Å²) in [7, 11) is 2.93. The average Bonchev–Trinajstić information content (AvgIpc) is 2.03. The number of alkyl halides is 2. The summed E-state index contributed by atoms with van der Waals surface area (Å²) < 4.78 is 26.0. The SMILES string of the molecule is CC(=O)C1(N(C)C)C(=O)C(F)(F)C1C. The molecular formula is C9H13F2NO2. The molecule has 0 amide bonds. The minimum atomic E-state index is -3.37. The maximum Gasteiger partial charge on any atom is 0.312 e. The summed E-state index contributed by atoms with van der Waals surface area (Å²) in [5.41, 5.74) is -1.62. The van der Waals surface area contributed by atoms with Gasteiger partial charge >= 0.3 is 5.92 Å². The van der Waals surface area contributed by atoms with Crippen LogP contribution in [0.5, 0.6) is 0 Å². The molecule has 1 fully saturated rings. The van der Waals surface area contributed by atoms with E-state index in [4.69, 9.17) is 0 Å². The third-order valence-corrected chi connectivity index (χ3v) is 3.06. The molecule has 3 nitrogen and oxygen atoms in total. The maximum atomic E-state index is 13.0. The number of carbonyl (C=O) groups excluding carboxylic acids is 2. The summed E-state index contributed by atoms with van der Waals surface area (Å²) in [5, 5.41) is 0. The van der Waals surface area contributed by atoms with Gasteiger partial charge in [-0.3, -0.25) is 14.5 Å². The van der Waals surface area contributed by atoms with Crippen LogP contribution >= 0.6 is 0 Å². The van der Waals surface area contributed by atoms with Crippen LogP contribution in [0.4, 0.5) is 8.78 Å². The summed E-state index contributed by atoms with van der Waals surface area (Å²) in [4.78, 5) is 23.9. The first-order valence-corrected chi connectivity index (χ1v) is 4.31. The molecule has 2 atom stereocenters. The van der Waals surface area contributed by atoms with Crippen molar-refractivity contribution in [1.29, 1.82) is 0 Å². The Morgan fingerprint density at radius 2 is 1.86 bits per heavy atom. The molecule has 0 aromatic rings. The smallest absolute Gasteiger partial charge is 0.297 e. The fourth-order valence-corrected chi connectivity index (χ4v) is 2.20. The number of nitrogens with zero attached hydrogens (tertiary/aromatic N) is 1. The van der Waals surface area contributed by atoms with E-state index >= 15 is 0 Å². The number of hydrogen-bond donors (Lipinski definition) is 0. The van der Waals surface area contributed by atoms with Crippen LogP contribution in [0.1, 0.15) is 13.8 Å². The summed E-state index contributed by atoms with van der Waals surface area (Å²) in [6.07, 6.45) is 0. The van der Waals surface area contributed by atoms with Gasteiger partial charge in [0.05, 0.1) is 5.92 Å². The summed E-state index contributed by atoms with van der Waals surface area (Å²) >= 11 is 0. The molecule has 0 aromatic carbocycles. The van der Waals surface area contributed by atoms with Crippen LogP contribution < -0.4 is 0 Å². The molecule has 0 N–H and O–H groups in total. The van der Waals surface area contributed by atoms with Crippen LogP contribution in [0.25, 0.3) is 0 Å². The highest BCUT2D eigenvalue weighted by Crippen LogP contribution is 2.50. The van der Waals surface area contributed by atoms with Gasteiger partial charge in [0.25, 0.3) is 0 Å². The predicted molar refractivity (Wildman–Crippen MR) is 46.2 cm³/mol. The Hall–Kier alpha value is -0.840. The van der Waals surface area contributed by atoms with E-state index in [2.05, 4.69) is 0 Å². The highest BCUT2D eigenvalue weighted by atomic mass is 19.3. The first kappa shape index (κ1) is 11.2. The van der Waals surface area contributed by atoms with Crippen molar-refractivity contribution in [1.82, 2.24) is 4.90 Å². The Kier molecular flexibility index (Phi) is 2.27. The molecule has 5 heteroatoms. The Labute approximate surface area is 81.1 Å². The van der Waals surface area contributed by atoms with Crippen molar-refractivity contribution in [3.05, 3.63) is 0 Å². The highest BCUT2D eigenvalue weighted by Gasteiger charge is 2.75. The van der Waals surface area contributed by atoms with Crippen LogP contribution in [0.15, 0.2) is 0 Å². The van der Waals surface area contributed by atoms with Crippen molar-refractivity contribution in [2.24, 2.45) is 5.92 Å². The number of ketones is 2. The van der Waals surface area contributed by atoms with Crippen LogP contribution in [0.3, 0.4) is 0 Å². The molecule has 14 heavy (non-hydrogen) atoms. The second-order valence-corrected chi connectivity index (χ2v) is 3.89. The van der Waals surface area contributed by atoms with Crippen LogP contribution in [0, 0.1) is 5.92 Å². The minimum absolute atomic E-state index is 0.522. The van der Waals surface area contributed by atoms with E-state index < -0.39 is 28.9 Å². The van der Waals surface area contributed by atoms with Gasteiger partial charge in [0.2, 0.25) is 5.78 Å². The van der Waals surface area contributed by atoms with Crippen molar-refractivity contribution >= 4 is 11.6 Å². The molecule has 1 rings (SSSR count). The lowest BCUT2D eigenvalue weighted by atomic mass is 9.60. The van der Waals surface area contributed by atoms with Gasteiger partial charge in [-0.1, -0.05) is 6.92 Å². The molecular weight excluding hydrogens is 192 g/mol. The van der Waals surface area contributed by atoms with E-state index in [9.17, 15) is 18.4 Å². The van der Waals surface area contributed by atoms with Gasteiger partial charge in [0, 0.05) is 0 Å². The van der Waals surface area contributed by atoms with Gasteiger partial charge in [0.1, 0.15) is 0 Å². The Morgan fingerprint density at radius 3 is 2.00 bits per heavy atom. The van der Waals surface area contributed by atoms with Crippen molar-refractivity contribution in [3.63, 3.8) is 0 Å². The van der Waals surface area contributed by atoms with Crippen molar-refractivity contribution in [2.75, 3.05) is 14.1 Å². The first-order chi connectivity index (χ1) is 6.20. The van der Waals surface area contributed by atoms with Crippen molar-refractivity contribution in [2.45, 2.75) is 25.3 Å². The molecule has 2 unspecified atom stereocenters. The number of hydrogen-bond acceptors (Lipinski definition) is 3. The lowest BCUT2D eigenvalue weighted by Gasteiger charge is -2.52. The van der Waals surface area contributed by atoms with Gasteiger partial charge < -0.3 is 0 Å². The van der Waals surface area contributed by atoms with Gasteiger partial charge in [-0.25, -0.2) is 0 Å². The second-order valence-electron chi connectivity index (χ2n) is 3.89. The molecule has 0 bridgehead atoms. The van der Waals surface area contributed by atoms with E-state index in [-0.39, 0.29) is 0 Å². The molecule has 1 aliphatic carbocycles. The highest BCUT2D eigenvalue weighted by molar-refractivity contribution is 6.19. The normalized spacial score (nSPS) is 35.6. The average molecular weight is 205 g/mol. The number of Topliss-reactive ketones (excluding diaryl/α,β-unsaturated/α-hetero) is 2. The van der Waals surface area contributed by atoms with E-state index in [1.165, 1.54) is 32.8 Å². The monoisotopic (exact) mass is 205 g/mol. The van der Waals surface area contributed by atoms with Crippen LogP contribution in [-0.2, 0) is 9.59 Å². The number of halogens is 2. The zero-order valence-electron chi connectivity index (χ0n) is 8.60. The Morgan fingerprint density at radius 1 is 1.43 bits per heavy atom. The number of carbonyl (C=O) groups is 2. The fourth-order valence-electron chi connectivity index (χ4n) is 2.20. The fraction of sp³-hybridized carbons (Fsp3) is 0.778. The van der Waals surface area contributed by atoms with E-state index in [1.807, 2.05) is 0 Å². The predicted octanol–water partition coefficient (Wildman–Crippen LogP) is 0.730. The molecule has 0 saturated heterocycles. The molecule has 0 radical (unpaired) electrons. The number of rotatable bonds is 2. The Balaban J connectivity index is 3.19. The standard InChI is InChI=1S/C9H13F2NO2/c1-5-8(6(2)13,12(3)4)7(14)9(5,10)11/h5H,1-4H3. The maximum absolute atomic E-state index is 13.0. The lowest BCUT2D eigenvalue weighted by Crippen LogP contribution is -2.78. The summed E-state index contributed by atoms with van der Waals surface area (Å²) in [5.74, 6) is -6.42. The lowest BCUT2D eigenvalue weighted by molar-refractivity contribution is -0.208. The van der Waals surface area contributed by atoms with Gasteiger partial charge in [0.15, 0.2) is 11.3 Å². The molecule has 0 aliphatic heterocycles. The van der Waals surface area contributed by atoms with Crippen molar-refractivity contribution in [3.8, 4) is 0 Å². The summed E-state index contributed by atoms with van der Waals surface area (Å²) in [6.45, 7) is 2.40. The van der Waals surface area contributed by atoms with Crippen LogP contribution in [0.2, 0.25) is 0 Å². The number of likely N-dealkylation sites (N-methyl/N-ethyl adjacent to an activating group) is 1. The summed E-state index contributed by atoms with van der Waals surface area (Å²) in [6, 6.07) is 0. The van der Waals surface area contributed by atoms with Crippen molar-refractivity contribution < 1.29 is 18.4 Å². The van der Waals surface area contributed by atoms with Gasteiger partial charge in [-0.05, 0) is 21.0 Å². The first-order valence-electron chi connectivity index (χ1n) is 4.31. The van der Waals surface area contributed by atoms with E-state index in [0.29, 0.717) is 0 Å². The molecule has 0 spiro atoms. The molecule has 0 aromatic heterocycles. The molecule has 80 valence electrons. The molecule has 1 aliphatic rings. The van der Waals surface area contributed by atoms with Crippen LogP contribution in [-0.4, -0.2) is 42.0 Å². The minimum Gasteiger partial charge on any atom is -0.297 e. The zero-order chi connectivity index (χ0) is 11.3. The van der Waals surface area contributed by atoms with Gasteiger partial charge in [-0.15, -0.1) is 0 Å². The van der Waals surface area contributed by atoms with E-state index in [1.54, 1.807) is 0 Å². The zero-order valence-corrected chi connectivity index (χ0v) is 8.60. The third kappa shape index (κ3) is 0.932. The third-order valence-electron chi connectivity index (χ3n) is 3.06. The largest absolute Gasteiger partial charge is 0.312 e. The Bertz CT molecular complexity index is 301. The molecule has 1 saturated carbocycles. The van der Waals surface area contributed by atoms with Gasteiger partial charge in [-0.2, -0.15) is 8.78 Å². The topological polar surface area (TPSA) is 37.4 Å². The molecule has 0 heterocycles.